The molecule has 1 amide bonds. The minimum absolute atomic E-state index is 0.169. The number of aromatic nitrogens is 2. The molecule has 0 fully saturated rings. The first kappa shape index (κ1) is 14.8. The maximum absolute atomic E-state index is 12.2. The maximum Gasteiger partial charge on any atom is 0.335 e. The fraction of sp³-hybridized carbons (Fsp3) is 0.118. The molecular formula is C17H15N3O3. The van der Waals surface area contributed by atoms with Crippen molar-refractivity contribution >= 4 is 28.6 Å². The van der Waals surface area contributed by atoms with Crippen molar-refractivity contribution in [1.29, 1.82) is 0 Å². The molecule has 6 nitrogen and oxygen atoms in total. The third-order valence-electron chi connectivity index (χ3n) is 3.63. The molecule has 6 heteroatoms. The number of nitrogens with one attached hydrogen (secondary N) is 2. The van der Waals surface area contributed by atoms with Gasteiger partial charge in [0, 0.05) is 23.5 Å². The molecule has 0 unspecified atom stereocenters. The largest absolute Gasteiger partial charge is 0.478 e. The topological polar surface area (TPSA) is 95.1 Å². The van der Waals surface area contributed by atoms with Crippen LogP contribution in [0.5, 0.6) is 0 Å². The number of anilines is 1. The van der Waals surface area contributed by atoms with Crippen LogP contribution in [0.1, 0.15) is 21.5 Å². The number of pyridine rings is 1. The number of carbonyl (C=O) groups is 2. The molecule has 23 heavy (non-hydrogen) atoms. The summed E-state index contributed by atoms with van der Waals surface area (Å²) in [6, 6.07) is 8.46. The summed E-state index contributed by atoms with van der Waals surface area (Å²) in [5.74, 6) is -1.15. The molecule has 0 radical (unpaired) electrons. The Morgan fingerprint density at radius 1 is 1.30 bits per heavy atom. The third-order valence-corrected chi connectivity index (χ3v) is 3.63. The Morgan fingerprint density at radius 2 is 2.13 bits per heavy atom. The number of aryl methyl sites for hydroxylation is 1. The maximum atomic E-state index is 12.2. The quantitative estimate of drug-likeness (QED) is 0.690. The van der Waals surface area contributed by atoms with E-state index in [1.54, 1.807) is 31.5 Å². The zero-order valence-corrected chi connectivity index (χ0v) is 12.5. The minimum Gasteiger partial charge on any atom is -0.478 e. The van der Waals surface area contributed by atoms with Gasteiger partial charge in [-0.3, -0.25) is 4.79 Å². The van der Waals surface area contributed by atoms with Crippen LogP contribution in [0.2, 0.25) is 0 Å². The Balaban J connectivity index is 1.75. The van der Waals surface area contributed by atoms with Gasteiger partial charge in [-0.1, -0.05) is 0 Å². The number of carboxylic acids is 1. The highest BCUT2D eigenvalue weighted by molar-refractivity contribution is 5.96. The molecule has 2 heterocycles. The number of nitrogens with zero attached hydrogens (tertiary/aromatic N) is 1. The molecule has 0 aliphatic heterocycles. The van der Waals surface area contributed by atoms with Crippen molar-refractivity contribution in [3.8, 4) is 0 Å². The van der Waals surface area contributed by atoms with Crippen molar-refractivity contribution < 1.29 is 14.7 Å². The molecule has 2 aromatic heterocycles. The predicted molar refractivity (Wildman–Crippen MR) is 86.6 cm³/mol. The lowest BCUT2D eigenvalue weighted by molar-refractivity contribution is -0.115. The molecule has 116 valence electrons. The molecule has 0 atom stereocenters. The summed E-state index contributed by atoms with van der Waals surface area (Å²) in [4.78, 5) is 30.4. The zero-order valence-electron chi connectivity index (χ0n) is 12.5. The summed E-state index contributed by atoms with van der Waals surface area (Å²) in [5.41, 5.74) is 3.02. The van der Waals surface area contributed by atoms with Crippen LogP contribution in [0, 0.1) is 6.92 Å². The molecule has 0 saturated carbocycles. The van der Waals surface area contributed by atoms with E-state index in [1.165, 1.54) is 6.07 Å². The van der Waals surface area contributed by atoms with E-state index >= 15 is 0 Å². The molecule has 3 N–H and O–H groups in total. The van der Waals surface area contributed by atoms with Crippen molar-refractivity contribution in [3.05, 3.63) is 59.4 Å². The van der Waals surface area contributed by atoms with Gasteiger partial charge in [-0.2, -0.15) is 0 Å². The zero-order chi connectivity index (χ0) is 16.4. The second-order valence-electron chi connectivity index (χ2n) is 5.27. The van der Waals surface area contributed by atoms with Crippen LogP contribution in [0.4, 0.5) is 5.69 Å². The molecule has 3 aromatic rings. The molecule has 0 bridgehead atoms. The fourth-order valence-corrected chi connectivity index (χ4v) is 2.52. The Kier molecular flexibility index (Phi) is 3.80. The Labute approximate surface area is 132 Å². The number of fused-ring (bicyclic) bond motifs is 1. The highest BCUT2D eigenvalue weighted by Gasteiger charge is 2.11. The van der Waals surface area contributed by atoms with E-state index in [2.05, 4.69) is 15.3 Å². The van der Waals surface area contributed by atoms with Gasteiger partial charge in [0.15, 0.2) is 0 Å². The number of carboxylic acid groups (broad SMARTS) is 1. The van der Waals surface area contributed by atoms with Gasteiger partial charge >= 0.3 is 5.97 Å². The van der Waals surface area contributed by atoms with Crippen molar-refractivity contribution in [2.24, 2.45) is 0 Å². The molecule has 0 aliphatic carbocycles. The van der Waals surface area contributed by atoms with E-state index in [9.17, 15) is 9.59 Å². The Morgan fingerprint density at radius 3 is 2.87 bits per heavy atom. The van der Waals surface area contributed by atoms with E-state index in [4.69, 9.17) is 5.11 Å². The third kappa shape index (κ3) is 3.06. The highest BCUT2D eigenvalue weighted by atomic mass is 16.4. The fourth-order valence-electron chi connectivity index (χ4n) is 2.52. The van der Waals surface area contributed by atoms with Gasteiger partial charge in [0.2, 0.25) is 5.91 Å². The number of hydrogen-bond donors (Lipinski definition) is 3. The van der Waals surface area contributed by atoms with Crippen LogP contribution in [-0.4, -0.2) is 27.0 Å². The average molecular weight is 309 g/mol. The van der Waals surface area contributed by atoms with Crippen LogP contribution < -0.4 is 5.32 Å². The molecular weight excluding hydrogens is 294 g/mol. The van der Waals surface area contributed by atoms with Gasteiger partial charge in [-0.25, -0.2) is 9.78 Å². The molecule has 3 rings (SSSR count). The molecule has 0 spiro atoms. The molecule has 0 aliphatic rings. The van der Waals surface area contributed by atoms with Gasteiger partial charge in [0.25, 0.3) is 0 Å². The van der Waals surface area contributed by atoms with E-state index in [1.807, 2.05) is 12.1 Å². The standard InChI is InChI=1S/C17H15N3O3/c1-10-7-12(4-5-13(10)17(22)23)20-15(21)8-11-9-19-16-14(11)3-2-6-18-16/h2-7,9H,8H2,1H3,(H,18,19)(H,20,21)(H,22,23). The molecule has 0 saturated heterocycles. The van der Waals surface area contributed by atoms with Gasteiger partial charge in [-0.05, 0) is 48.4 Å². The Bertz CT molecular complexity index is 899. The van der Waals surface area contributed by atoms with Gasteiger partial charge in [0.05, 0.1) is 12.0 Å². The van der Waals surface area contributed by atoms with E-state index in [0.717, 1.165) is 16.6 Å². The SMILES string of the molecule is Cc1cc(NC(=O)Cc2c[nH]c3ncccc23)ccc1C(=O)O. The molecule has 1 aromatic carbocycles. The second-order valence-corrected chi connectivity index (χ2v) is 5.27. The Hall–Kier alpha value is -3.15. The predicted octanol–water partition coefficient (Wildman–Crippen LogP) is 2.75. The summed E-state index contributed by atoms with van der Waals surface area (Å²) in [5, 5.41) is 12.7. The van der Waals surface area contributed by atoms with Crippen LogP contribution in [-0.2, 0) is 11.2 Å². The van der Waals surface area contributed by atoms with Crippen molar-refractivity contribution in [2.75, 3.05) is 5.32 Å². The number of aromatic carboxylic acids is 1. The van der Waals surface area contributed by atoms with Crippen LogP contribution >= 0.6 is 0 Å². The lowest BCUT2D eigenvalue weighted by Crippen LogP contribution is -2.14. The number of H-pyrrole nitrogens is 1. The number of benzene rings is 1. The number of aromatic amines is 1. The van der Waals surface area contributed by atoms with Crippen LogP contribution in [0.3, 0.4) is 0 Å². The minimum atomic E-state index is -0.980. The van der Waals surface area contributed by atoms with E-state index in [0.29, 0.717) is 11.3 Å². The first-order chi connectivity index (χ1) is 11.0. The average Bonchev–Trinajstić information content (AvgIpc) is 2.90. The van der Waals surface area contributed by atoms with E-state index < -0.39 is 5.97 Å². The smallest absolute Gasteiger partial charge is 0.335 e. The number of hydrogen-bond acceptors (Lipinski definition) is 3. The lowest BCUT2D eigenvalue weighted by Gasteiger charge is -2.07. The van der Waals surface area contributed by atoms with Crippen molar-refractivity contribution in [3.63, 3.8) is 0 Å². The van der Waals surface area contributed by atoms with Gasteiger partial charge in [0.1, 0.15) is 5.65 Å². The summed E-state index contributed by atoms with van der Waals surface area (Å²) < 4.78 is 0. The van der Waals surface area contributed by atoms with Crippen LogP contribution in [0.15, 0.2) is 42.7 Å². The van der Waals surface area contributed by atoms with Gasteiger partial charge in [-0.15, -0.1) is 0 Å². The normalized spacial score (nSPS) is 10.7. The van der Waals surface area contributed by atoms with Crippen molar-refractivity contribution in [2.45, 2.75) is 13.3 Å². The first-order valence-electron chi connectivity index (χ1n) is 7.09. The van der Waals surface area contributed by atoms with Crippen LogP contribution in [0.25, 0.3) is 11.0 Å². The first-order valence-corrected chi connectivity index (χ1v) is 7.09. The lowest BCUT2D eigenvalue weighted by atomic mass is 10.1. The van der Waals surface area contributed by atoms with Gasteiger partial charge < -0.3 is 15.4 Å². The summed E-state index contributed by atoms with van der Waals surface area (Å²) in [6.07, 6.45) is 3.68. The monoisotopic (exact) mass is 309 g/mol. The van der Waals surface area contributed by atoms with Crippen molar-refractivity contribution in [1.82, 2.24) is 9.97 Å². The summed E-state index contributed by atoms with van der Waals surface area (Å²) in [6.45, 7) is 1.70. The van der Waals surface area contributed by atoms with E-state index in [-0.39, 0.29) is 17.9 Å². The number of rotatable bonds is 4. The number of carbonyl (C=O) groups excluding carboxylic acids is 1. The second kappa shape index (κ2) is 5.92. The highest BCUT2D eigenvalue weighted by Crippen LogP contribution is 2.18. The summed E-state index contributed by atoms with van der Waals surface area (Å²) >= 11 is 0. The number of amides is 1. The summed E-state index contributed by atoms with van der Waals surface area (Å²) in [7, 11) is 0.